The highest BCUT2D eigenvalue weighted by atomic mass is 14.9. The second-order valence-electron chi connectivity index (χ2n) is 9.76. The Kier molecular flexibility index (Phi) is 5.45. The van der Waals surface area contributed by atoms with E-state index >= 15 is 0 Å². The Hall–Kier alpha value is -3.92. The van der Waals surface area contributed by atoms with Crippen LogP contribution in [0.5, 0.6) is 0 Å². The van der Waals surface area contributed by atoms with E-state index < -0.39 is 5.41 Å². The molecule has 1 heterocycles. The maximum Gasteiger partial charge on any atom is 0.0641 e. The number of rotatable bonds is 3. The minimum absolute atomic E-state index is 0.251. The number of hydrogen-bond donors (Lipinski definition) is 1. The molecule has 1 N–H and O–H groups in total. The number of benzene rings is 2. The van der Waals surface area contributed by atoms with E-state index in [2.05, 4.69) is 39.0 Å². The zero-order valence-electron chi connectivity index (χ0n) is 19.8. The predicted octanol–water partition coefficient (Wildman–Crippen LogP) is 7.17. The van der Waals surface area contributed by atoms with E-state index in [1.807, 2.05) is 78.9 Å². The number of fused-ring (bicyclic) bond motifs is 1. The van der Waals surface area contributed by atoms with Gasteiger partial charge in [0.25, 0.3) is 0 Å². The van der Waals surface area contributed by atoms with Crippen molar-refractivity contribution in [2.45, 2.75) is 32.7 Å². The molecule has 4 nitrogen and oxygen atoms in total. The quantitative estimate of drug-likeness (QED) is 0.488. The van der Waals surface area contributed by atoms with Crippen molar-refractivity contribution < 1.29 is 0 Å². The first-order valence-corrected chi connectivity index (χ1v) is 11.6. The van der Waals surface area contributed by atoms with E-state index in [9.17, 15) is 0 Å². The normalized spacial score (nSPS) is 25.6. The van der Waals surface area contributed by atoms with Gasteiger partial charge in [-0.3, -0.25) is 4.99 Å². The smallest absolute Gasteiger partial charge is 0.0641 e. The number of para-hydroxylation sites is 2. The summed E-state index contributed by atoms with van der Waals surface area (Å²) < 4.78 is 0. The summed E-state index contributed by atoms with van der Waals surface area (Å²) in [5, 5.41) is 8.82. The standard InChI is InChI=1S/C30H28N4/c1-29(2)20-30(3,25-18-23(14-16-27(25)31)32-21-10-6-4-7-11-21)26-19-24(15-17-28(26)34-29)33-22-12-8-5-9-13-22/h4-19,31H,20H2,1-3H3. The molecule has 0 saturated carbocycles. The maximum atomic E-state index is 8.82. The lowest BCUT2D eigenvalue weighted by atomic mass is 9.62. The van der Waals surface area contributed by atoms with E-state index in [4.69, 9.17) is 20.4 Å². The van der Waals surface area contributed by atoms with Crippen LogP contribution in [-0.4, -0.2) is 28.4 Å². The molecule has 168 valence electrons. The molecule has 3 aliphatic rings. The van der Waals surface area contributed by atoms with E-state index in [-0.39, 0.29) is 5.54 Å². The molecule has 0 spiro atoms. The summed E-state index contributed by atoms with van der Waals surface area (Å²) in [5.41, 5.74) is 6.47. The monoisotopic (exact) mass is 444 g/mol. The van der Waals surface area contributed by atoms with Gasteiger partial charge in [-0.05, 0) is 92.1 Å². The fourth-order valence-electron chi connectivity index (χ4n) is 5.06. The third-order valence-electron chi connectivity index (χ3n) is 6.41. The molecule has 2 aromatic rings. The van der Waals surface area contributed by atoms with E-state index in [1.54, 1.807) is 0 Å². The Labute approximate surface area is 201 Å². The average Bonchev–Trinajstić information content (AvgIpc) is 2.81. The SMILES string of the molecule is CC1(C)CC(C)(C2=CC(=Nc3ccccc3)C=CC2=N)C2=CC(=Nc3ccccc3)C=CC2=N1. The van der Waals surface area contributed by atoms with Crippen molar-refractivity contribution >= 4 is 34.2 Å². The molecule has 0 saturated heterocycles. The molecule has 0 amide bonds. The van der Waals surface area contributed by atoms with Crippen LogP contribution in [0.1, 0.15) is 27.2 Å². The lowest BCUT2D eigenvalue weighted by Gasteiger charge is -2.45. The molecule has 0 radical (unpaired) electrons. The van der Waals surface area contributed by atoms with Crippen molar-refractivity contribution in [3.63, 3.8) is 0 Å². The summed E-state index contributed by atoms with van der Waals surface area (Å²) in [4.78, 5) is 14.7. The Bertz CT molecular complexity index is 1350. The summed E-state index contributed by atoms with van der Waals surface area (Å²) >= 11 is 0. The first kappa shape index (κ1) is 21.9. The molecule has 0 fully saturated rings. The highest BCUT2D eigenvalue weighted by Crippen LogP contribution is 2.49. The summed E-state index contributed by atoms with van der Waals surface area (Å²) in [6, 6.07) is 19.9. The van der Waals surface area contributed by atoms with Crippen molar-refractivity contribution in [3.8, 4) is 0 Å². The molecule has 34 heavy (non-hydrogen) atoms. The largest absolute Gasteiger partial charge is 0.301 e. The molecule has 1 unspecified atom stereocenters. The number of nitrogens with one attached hydrogen (secondary N) is 1. The van der Waals surface area contributed by atoms with Crippen molar-refractivity contribution in [3.05, 3.63) is 108 Å². The first-order chi connectivity index (χ1) is 16.3. The Morgan fingerprint density at radius 2 is 1.24 bits per heavy atom. The van der Waals surface area contributed by atoms with E-state index in [1.165, 1.54) is 0 Å². The summed E-state index contributed by atoms with van der Waals surface area (Å²) in [6.45, 7) is 6.56. The highest BCUT2D eigenvalue weighted by molar-refractivity contribution is 6.26. The van der Waals surface area contributed by atoms with Crippen LogP contribution >= 0.6 is 0 Å². The second kappa shape index (κ2) is 8.45. The van der Waals surface area contributed by atoms with Crippen molar-refractivity contribution in [2.24, 2.45) is 20.4 Å². The molecule has 0 bridgehead atoms. The van der Waals surface area contributed by atoms with Crippen molar-refractivity contribution in [1.82, 2.24) is 0 Å². The van der Waals surface area contributed by atoms with Gasteiger partial charge in [-0.15, -0.1) is 0 Å². The molecular weight excluding hydrogens is 416 g/mol. The second-order valence-corrected chi connectivity index (χ2v) is 9.76. The molecule has 0 aromatic heterocycles. The minimum Gasteiger partial charge on any atom is -0.301 e. The first-order valence-electron chi connectivity index (χ1n) is 11.6. The van der Waals surface area contributed by atoms with Crippen LogP contribution in [0.2, 0.25) is 0 Å². The Morgan fingerprint density at radius 1 is 0.706 bits per heavy atom. The number of allylic oxidation sites excluding steroid dienone is 8. The molecule has 4 heteroatoms. The van der Waals surface area contributed by atoms with Crippen LogP contribution in [0.3, 0.4) is 0 Å². The van der Waals surface area contributed by atoms with E-state index in [0.29, 0.717) is 5.71 Å². The molecule has 2 aliphatic carbocycles. The zero-order valence-corrected chi connectivity index (χ0v) is 19.8. The van der Waals surface area contributed by atoms with Crippen LogP contribution in [-0.2, 0) is 0 Å². The Morgan fingerprint density at radius 3 is 1.82 bits per heavy atom. The number of hydrogen-bond acceptors (Lipinski definition) is 4. The molecule has 5 rings (SSSR count). The average molecular weight is 445 g/mol. The summed E-state index contributed by atoms with van der Waals surface area (Å²) in [6.07, 6.45) is 12.9. The maximum absolute atomic E-state index is 8.82. The van der Waals surface area contributed by atoms with Crippen LogP contribution < -0.4 is 0 Å². The molecule has 1 aliphatic heterocycles. The van der Waals surface area contributed by atoms with Crippen LogP contribution in [0.4, 0.5) is 11.4 Å². The van der Waals surface area contributed by atoms with Gasteiger partial charge in [0.15, 0.2) is 0 Å². The summed E-state index contributed by atoms with van der Waals surface area (Å²) in [5.74, 6) is 0. The highest BCUT2D eigenvalue weighted by Gasteiger charge is 2.45. The van der Waals surface area contributed by atoms with Gasteiger partial charge < -0.3 is 5.41 Å². The predicted molar refractivity (Wildman–Crippen MR) is 143 cm³/mol. The summed E-state index contributed by atoms with van der Waals surface area (Å²) in [7, 11) is 0. The Balaban J connectivity index is 1.61. The van der Waals surface area contributed by atoms with Crippen molar-refractivity contribution in [1.29, 1.82) is 5.41 Å². The topological polar surface area (TPSA) is 60.9 Å². The van der Waals surface area contributed by atoms with Gasteiger partial charge in [0.2, 0.25) is 0 Å². The lowest BCUT2D eigenvalue weighted by molar-refractivity contribution is 0.330. The van der Waals surface area contributed by atoms with Crippen molar-refractivity contribution in [2.75, 3.05) is 0 Å². The van der Waals surface area contributed by atoms with Crippen LogP contribution in [0.15, 0.2) is 123 Å². The van der Waals surface area contributed by atoms with Gasteiger partial charge in [0.1, 0.15) is 0 Å². The molecule has 2 aromatic carbocycles. The van der Waals surface area contributed by atoms with Gasteiger partial charge in [0.05, 0.1) is 39.8 Å². The van der Waals surface area contributed by atoms with Gasteiger partial charge in [0, 0.05) is 5.41 Å². The van der Waals surface area contributed by atoms with Gasteiger partial charge >= 0.3 is 0 Å². The fourth-order valence-corrected chi connectivity index (χ4v) is 5.06. The fraction of sp³-hybridized carbons (Fsp3) is 0.200. The zero-order chi connectivity index (χ0) is 23.8. The van der Waals surface area contributed by atoms with Gasteiger partial charge in [-0.25, -0.2) is 9.98 Å². The van der Waals surface area contributed by atoms with Gasteiger partial charge in [-0.2, -0.15) is 0 Å². The van der Waals surface area contributed by atoms with E-state index in [0.717, 1.165) is 46.1 Å². The van der Waals surface area contributed by atoms with Gasteiger partial charge in [-0.1, -0.05) is 43.3 Å². The minimum atomic E-state index is -0.401. The third-order valence-corrected chi connectivity index (χ3v) is 6.41. The van der Waals surface area contributed by atoms with Crippen LogP contribution in [0, 0.1) is 10.8 Å². The third kappa shape index (κ3) is 4.32. The van der Waals surface area contributed by atoms with Crippen LogP contribution in [0.25, 0.3) is 0 Å². The lowest BCUT2D eigenvalue weighted by Crippen LogP contribution is -2.42. The number of aliphatic imine (C=N–C) groups is 3. The molecular formula is C30H28N4. The molecule has 1 atom stereocenters. The number of nitrogens with zero attached hydrogens (tertiary/aromatic N) is 3.